The van der Waals surface area contributed by atoms with Crippen molar-refractivity contribution in [3.63, 3.8) is 0 Å². The van der Waals surface area contributed by atoms with E-state index in [1.54, 1.807) is 36.4 Å². The normalized spacial score (nSPS) is 10.8. The van der Waals surface area contributed by atoms with Crippen molar-refractivity contribution in [2.45, 2.75) is 6.54 Å². The first-order chi connectivity index (χ1) is 15.4. The maximum Gasteiger partial charge on any atom is 0.262 e. The Hall–Kier alpha value is -3.42. The minimum absolute atomic E-state index is 0.0180. The number of hydrogen-bond acceptors (Lipinski definition) is 4. The van der Waals surface area contributed by atoms with Crippen molar-refractivity contribution in [2.24, 2.45) is 0 Å². The molecule has 3 aromatic carbocycles. The lowest BCUT2D eigenvalue weighted by molar-refractivity contribution is -0.118. The van der Waals surface area contributed by atoms with E-state index in [9.17, 15) is 14.0 Å². The monoisotopic (exact) mass is 471 g/mol. The lowest BCUT2D eigenvalue weighted by Crippen LogP contribution is -2.22. The highest BCUT2D eigenvalue weighted by atomic mass is 35.5. The molecule has 1 aromatic heterocycles. The number of halogens is 3. The van der Waals surface area contributed by atoms with Crippen molar-refractivity contribution in [3.05, 3.63) is 98.8 Å². The van der Waals surface area contributed by atoms with Crippen LogP contribution in [-0.4, -0.2) is 22.1 Å². The van der Waals surface area contributed by atoms with Gasteiger partial charge in [0.25, 0.3) is 11.5 Å². The second kappa shape index (κ2) is 9.38. The number of rotatable bonds is 6. The summed E-state index contributed by atoms with van der Waals surface area (Å²) >= 11 is 12.0. The average Bonchev–Trinajstić information content (AvgIpc) is 2.78. The molecule has 4 aromatic rings. The highest BCUT2D eigenvalue weighted by Gasteiger charge is 2.10. The van der Waals surface area contributed by atoms with E-state index >= 15 is 0 Å². The number of para-hydroxylation sites is 1. The zero-order chi connectivity index (χ0) is 22.7. The van der Waals surface area contributed by atoms with Crippen LogP contribution in [0.4, 0.5) is 10.1 Å². The van der Waals surface area contributed by atoms with Crippen molar-refractivity contribution in [3.8, 4) is 5.75 Å². The van der Waals surface area contributed by atoms with E-state index in [1.165, 1.54) is 35.2 Å². The van der Waals surface area contributed by atoms with Gasteiger partial charge in [0.15, 0.2) is 18.2 Å². The van der Waals surface area contributed by atoms with E-state index in [-0.39, 0.29) is 24.5 Å². The van der Waals surface area contributed by atoms with E-state index in [0.717, 1.165) is 5.56 Å². The number of amides is 1. The summed E-state index contributed by atoms with van der Waals surface area (Å²) < 4.78 is 20.2. The van der Waals surface area contributed by atoms with Gasteiger partial charge in [0, 0.05) is 5.69 Å². The predicted molar refractivity (Wildman–Crippen MR) is 122 cm³/mol. The molecule has 0 fully saturated rings. The Bertz CT molecular complexity index is 1370. The van der Waals surface area contributed by atoms with E-state index in [0.29, 0.717) is 26.6 Å². The predicted octanol–water partition coefficient (Wildman–Crippen LogP) is 4.91. The molecule has 0 atom stereocenters. The lowest BCUT2D eigenvalue weighted by atomic mass is 10.2. The number of carbonyl (C=O) groups excluding carboxylic acids is 1. The van der Waals surface area contributed by atoms with Crippen molar-refractivity contribution in [1.82, 2.24) is 9.55 Å². The molecular formula is C23H16Cl2FN3O3. The topological polar surface area (TPSA) is 73.2 Å². The molecule has 0 unspecified atom stereocenters. The fraction of sp³-hybridized carbons (Fsp3) is 0.0870. The highest BCUT2D eigenvalue weighted by Crippen LogP contribution is 2.23. The summed E-state index contributed by atoms with van der Waals surface area (Å²) in [5.74, 6) is -1.07. The van der Waals surface area contributed by atoms with Gasteiger partial charge in [-0.15, -0.1) is 0 Å². The Labute approximate surface area is 192 Å². The summed E-state index contributed by atoms with van der Waals surface area (Å²) in [4.78, 5) is 29.5. The molecule has 0 aliphatic heterocycles. The molecule has 0 bridgehead atoms. The first kappa shape index (κ1) is 21.8. The van der Waals surface area contributed by atoms with Gasteiger partial charge in [-0.3, -0.25) is 14.2 Å². The second-order valence-corrected chi connectivity index (χ2v) is 7.74. The Morgan fingerprint density at radius 2 is 1.88 bits per heavy atom. The van der Waals surface area contributed by atoms with E-state index in [1.807, 2.05) is 0 Å². The zero-order valence-corrected chi connectivity index (χ0v) is 18.0. The number of nitrogens with one attached hydrogen (secondary N) is 1. The molecule has 0 saturated carbocycles. The van der Waals surface area contributed by atoms with Crippen LogP contribution in [0.1, 0.15) is 5.56 Å². The van der Waals surface area contributed by atoms with Crippen LogP contribution in [0.25, 0.3) is 10.9 Å². The minimum atomic E-state index is -0.556. The van der Waals surface area contributed by atoms with Gasteiger partial charge in [-0.25, -0.2) is 9.37 Å². The van der Waals surface area contributed by atoms with E-state index in [4.69, 9.17) is 27.9 Å². The van der Waals surface area contributed by atoms with Crippen LogP contribution in [0.5, 0.6) is 5.75 Å². The minimum Gasteiger partial charge on any atom is -0.481 e. The Balaban J connectivity index is 1.51. The number of carbonyl (C=O) groups is 1. The molecule has 9 heteroatoms. The average molecular weight is 472 g/mol. The van der Waals surface area contributed by atoms with Crippen LogP contribution in [0, 0.1) is 5.82 Å². The summed E-state index contributed by atoms with van der Waals surface area (Å²) in [6.07, 6.45) is 1.45. The van der Waals surface area contributed by atoms with Gasteiger partial charge in [-0.05, 0) is 48.0 Å². The van der Waals surface area contributed by atoms with Gasteiger partial charge >= 0.3 is 0 Å². The number of anilines is 1. The number of benzene rings is 3. The number of ether oxygens (including phenoxy) is 1. The van der Waals surface area contributed by atoms with Gasteiger partial charge in [0.1, 0.15) is 0 Å². The van der Waals surface area contributed by atoms with Crippen LogP contribution in [0.2, 0.25) is 10.0 Å². The quantitative estimate of drug-likeness (QED) is 0.433. The maximum absolute atomic E-state index is 13.6. The maximum atomic E-state index is 13.6. The SMILES string of the molecule is O=C(COc1ccccc1F)Nc1ccc2ncn(Cc3ccc(Cl)c(Cl)c3)c(=O)c2c1. The second-order valence-electron chi connectivity index (χ2n) is 6.93. The molecule has 0 spiro atoms. The third kappa shape index (κ3) is 4.90. The number of fused-ring (bicyclic) bond motifs is 1. The highest BCUT2D eigenvalue weighted by molar-refractivity contribution is 6.42. The van der Waals surface area contributed by atoms with Crippen LogP contribution in [0.15, 0.2) is 71.8 Å². The van der Waals surface area contributed by atoms with Crippen molar-refractivity contribution in [1.29, 1.82) is 0 Å². The van der Waals surface area contributed by atoms with Gasteiger partial charge in [0.2, 0.25) is 0 Å². The molecular weight excluding hydrogens is 456 g/mol. The standard InChI is InChI=1S/C23H16Cl2FN3O3/c24-17-7-5-14(9-18(17)25)11-29-13-27-20-8-6-15(10-16(20)23(29)31)28-22(30)12-32-21-4-2-1-3-19(21)26/h1-10,13H,11-12H2,(H,28,30). The van der Waals surface area contributed by atoms with Gasteiger partial charge in [0.05, 0.1) is 33.8 Å². The third-order valence-electron chi connectivity index (χ3n) is 4.64. The van der Waals surface area contributed by atoms with Crippen LogP contribution in [-0.2, 0) is 11.3 Å². The first-order valence-corrected chi connectivity index (χ1v) is 10.3. The summed E-state index contributed by atoms with van der Waals surface area (Å²) in [5.41, 5.74) is 1.39. The molecule has 0 aliphatic rings. The van der Waals surface area contributed by atoms with Crippen molar-refractivity contribution >= 4 is 45.7 Å². The molecule has 0 radical (unpaired) electrons. The smallest absolute Gasteiger partial charge is 0.262 e. The van der Waals surface area contributed by atoms with Crippen LogP contribution < -0.4 is 15.6 Å². The third-order valence-corrected chi connectivity index (χ3v) is 5.38. The molecule has 162 valence electrons. The van der Waals surface area contributed by atoms with Gasteiger partial charge in [-0.2, -0.15) is 0 Å². The van der Waals surface area contributed by atoms with Crippen molar-refractivity contribution < 1.29 is 13.9 Å². The lowest BCUT2D eigenvalue weighted by Gasteiger charge is -2.10. The van der Waals surface area contributed by atoms with Gasteiger partial charge < -0.3 is 10.1 Å². The Morgan fingerprint density at radius 3 is 2.66 bits per heavy atom. The summed E-state index contributed by atoms with van der Waals surface area (Å²) in [5, 5.41) is 3.80. The first-order valence-electron chi connectivity index (χ1n) is 9.51. The summed E-state index contributed by atoms with van der Waals surface area (Å²) in [6, 6.07) is 15.7. The van der Waals surface area contributed by atoms with Crippen molar-refractivity contribution in [2.75, 3.05) is 11.9 Å². The largest absolute Gasteiger partial charge is 0.481 e. The summed E-state index contributed by atoms with van der Waals surface area (Å²) in [6.45, 7) is -0.126. The molecule has 32 heavy (non-hydrogen) atoms. The Morgan fingerprint density at radius 1 is 1.06 bits per heavy atom. The fourth-order valence-corrected chi connectivity index (χ4v) is 3.41. The van der Waals surface area contributed by atoms with Gasteiger partial charge in [-0.1, -0.05) is 41.4 Å². The van der Waals surface area contributed by atoms with E-state index < -0.39 is 11.7 Å². The number of aromatic nitrogens is 2. The fourth-order valence-electron chi connectivity index (χ4n) is 3.09. The number of hydrogen-bond donors (Lipinski definition) is 1. The zero-order valence-electron chi connectivity index (χ0n) is 16.5. The molecule has 0 aliphatic carbocycles. The molecule has 1 heterocycles. The van der Waals surface area contributed by atoms with Crippen LogP contribution in [0.3, 0.4) is 0 Å². The molecule has 4 rings (SSSR count). The molecule has 1 amide bonds. The summed E-state index contributed by atoms with van der Waals surface area (Å²) in [7, 11) is 0. The van der Waals surface area contributed by atoms with E-state index in [2.05, 4.69) is 10.3 Å². The molecule has 0 saturated heterocycles. The Kier molecular flexibility index (Phi) is 6.39. The number of nitrogens with zero attached hydrogens (tertiary/aromatic N) is 2. The molecule has 6 nitrogen and oxygen atoms in total. The van der Waals surface area contributed by atoms with Crippen LogP contribution >= 0.6 is 23.2 Å². The molecule has 1 N–H and O–H groups in total.